The number of aromatic amines is 1. The molecule has 0 unspecified atom stereocenters. The third-order valence-corrected chi connectivity index (χ3v) is 3.64. The zero-order valence-corrected chi connectivity index (χ0v) is 11.0. The number of halogens is 1. The van der Waals surface area contributed by atoms with E-state index in [-0.39, 0.29) is 11.5 Å². The molecule has 92 valence electrons. The second kappa shape index (κ2) is 5.04. The van der Waals surface area contributed by atoms with E-state index in [2.05, 4.69) is 26.2 Å². The van der Waals surface area contributed by atoms with E-state index >= 15 is 0 Å². The van der Waals surface area contributed by atoms with Crippen molar-refractivity contribution in [3.63, 3.8) is 0 Å². The van der Waals surface area contributed by atoms with Crippen LogP contribution in [0.5, 0.6) is 0 Å². The molecule has 1 heterocycles. The summed E-state index contributed by atoms with van der Waals surface area (Å²) in [4.78, 5) is 25.4. The van der Waals surface area contributed by atoms with E-state index in [0.717, 1.165) is 11.8 Å². The van der Waals surface area contributed by atoms with Crippen LogP contribution in [0.1, 0.15) is 29.6 Å². The van der Waals surface area contributed by atoms with E-state index in [1.54, 1.807) is 6.07 Å². The lowest BCUT2D eigenvalue weighted by Crippen LogP contribution is -2.31. The highest BCUT2D eigenvalue weighted by Crippen LogP contribution is 2.48. The van der Waals surface area contributed by atoms with Crippen molar-refractivity contribution in [2.24, 2.45) is 5.41 Å². The van der Waals surface area contributed by atoms with E-state index in [0.29, 0.717) is 17.5 Å². The van der Waals surface area contributed by atoms with E-state index in [4.69, 9.17) is 0 Å². The molecule has 1 fully saturated rings. The molecule has 1 saturated carbocycles. The molecule has 0 spiro atoms. The van der Waals surface area contributed by atoms with Crippen LogP contribution in [-0.4, -0.2) is 22.8 Å². The first-order chi connectivity index (χ1) is 8.15. The number of hydrogen-bond donors (Lipinski definition) is 2. The molecule has 0 aliphatic heterocycles. The highest BCUT2D eigenvalue weighted by molar-refractivity contribution is 9.09. The van der Waals surface area contributed by atoms with Crippen LogP contribution in [0, 0.1) is 5.41 Å². The largest absolute Gasteiger partial charge is 0.351 e. The fraction of sp³-hybridized carbons (Fsp3) is 0.500. The van der Waals surface area contributed by atoms with Crippen molar-refractivity contribution in [3.8, 4) is 0 Å². The van der Waals surface area contributed by atoms with Gasteiger partial charge in [0, 0.05) is 29.7 Å². The minimum Gasteiger partial charge on any atom is -0.351 e. The number of aromatic nitrogens is 1. The molecule has 17 heavy (non-hydrogen) atoms. The van der Waals surface area contributed by atoms with Crippen LogP contribution >= 0.6 is 15.9 Å². The van der Waals surface area contributed by atoms with E-state index < -0.39 is 0 Å². The molecule has 1 aliphatic rings. The third-order valence-electron chi connectivity index (χ3n) is 3.24. The summed E-state index contributed by atoms with van der Waals surface area (Å²) in [5.74, 6) is -0.169. The molecule has 0 saturated heterocycles. The van der Waals surface area contributed by atoms with Crippen molar-refractivity contribution in [1.29, 1.82) is 0 Å². The highest BCUT2D eigenvalue weighted by Gasteiger charge is 2.41. The molecule has 4 nitrogen and oxygen atoms in total. The van der Waals surface area contributed by atoms with Crippen LogP contribution < -0.4 is 10.9 Å². The zero-order valence-electron chi connectivity index (χ0n) is 9.46. The molecule has 1 aromatic heterocycles. The van der Waals surface area contributed by atoms with Gasteiger partial charge in [0.1, 0.15) is 0 Å². The normalized spacial score (nSPS) is 16.5. The maximum absolute atomic E-state index is 11.8. The smallest absolute Gasteiger partial charge is 0.251 e. The first-order valence-corrected chi connectivity index (χ1v) is 6.80. The van der Waals surface area contributed by atoms with Gasteiger partial charge in [-0.15, -0.1) is 0 Å². The first kappa shape index (κ1) is 12.4. The molecule has 1 amide bonds. The van der Waals surface area contributed by atoms with Gasteiger partial charge in [-0.3, -0.25) is 9.59 Å². The Hall–Kier alpha value is -1.10. The predicted molar refractivity (Wildman–Crippen MR) is 69.5 cm³/mol. The van der Waals surface area contributed by atoms with Crippen LogP contribution in [0.4, 0.5) is 0 Å². The van der Waals surface area contributed by atoms with Crippen LogP contribution in [-0.2, 0) is 0 Å². The molecule has 1 aromatic rings. The summed E-state index contributed by atoms with van der Waals surface area (Å²) in [5, 5.41) is 3.87. The first-order valence-electron chi connectivity index (χ1n) is 5.68. The average molecular weight is 299 g/mol. The highest BCUT2D eigenvalue weighted by atomic mass is 79.9. The summed E-state index contributed by atoms with van der Waals surface area (Å²) in [6, 6.07) is 2.93. The lowest BCUT2D eigenvalue weighted by Gasteiger charge is -2.14. The van der Waals surface area contributed by atoms with Gasteiger partial charge in [0.15, 0.2) is 0 Å². The standard InChI is InChI=1S/C12H15BrN2O2/c13-5-4-12(2-3-12)8-15-11(17)9-1-6-14-10(16)7-9/h1,6-7H,2-5,8H2,(H,14,16)(H,15,17). The Bertz CT molecular complexity index is 466. The number of hydrogen-bond acceptors (Lipinski definition) is 2. The summed E-state index contributed by atoms with van der Waals surface area (Å²) >= 11 is 3.43. The zero-order chi connectivity index (χ0) is 12.3. The van der Waals surface area contributed by atoms with Gasteiger partial charge in [-0.25, -0.2) is 0 Å². The minimum atomic E-state index is -0.251. The summed E-state index contributed by atoms with van der Waals surface area (Å²) in [6.45, 7) is 0.699. The fourth-order valence-electron chi connectivity index (χ4n) is 1.85. The van der Waals surface area contributed by atoms with E-state index in [1.807, 2.05) is 0 Å². The molecule has 0 atom stereocenters. The van der Waals surface area contributed by atoms with Crippen LogP contribution in [0.2, 0.25) is 0 Å². The van der Waals surface area contributed by atoms with E-state index in [9.17, 15) is 9.59 Å². The van der Waals surface area contributed by atoms with Crippen molar-refractivity contribution in [1.82, 2.24) is 10.3 Å². The maximum atomic E-state index is 11.8. The molecular weight excluding hydrogens is 284 g/mol. The van der Waals surface area contributed by atoms with Gasteiger partial charge in [0.05, 0.1) is 0 Å². The number of alkyl halides is 1. The molecule has 0 aromatic carbocycles. The molecule has 1 aliphatic carbocycles. The van der Waals surface area contributed by atoms with Crippen molar-refractivity contribution < 1.29 is 4.79 Å². The van der Waals surface area contributed by atoms with Crippen LogP contribution in [0.25, 0.3) is 0 Å². The van der Waals surface area contributed by atoms with Gasteiger partial charge in [-0.2, -0.15) is 0 Å². The number of pyridine rings is 1. The van der Waals surface area contributed by atoms with Gasteiger partial charge < -0.3 is 10.3 Å². The van der Waals surface area contributed by atoms with Crippen molar-refractivity contribution >= 4 is 21.8 Å². The summed E-state index contributed by atoms with van der Waals surface area (Å²) in [6.07, 6.45) is 4.92. The van der Waals surface area contributed by atoms with Crippen molar-refractivity contribution in [3.05, 3.63) is 34.2 Å². The number of nitrogens with one attached hydrogen (secondary N) is 2. The lowest BCUT2D eigenvalue weighted by molar-refractivity contribution is 0.0944. The average Bonchev–Trinajstić information content (AvgIpc) is 3.07. The van der Waals surface area contributed by atoms with Crippen LogP contribution in [0.3, 0.4) is 0 Å². The Balaban J connectivity index is 1.92. The Morgan fingerprint density at radius 3 is 2.88 bits per heavy atom. The van der Waals surface area contributed by atoms with E-state index in [1.165, 1.54) is 25.1 Å². The number of carbonyl (C=O) groups is 1. The molecule has 5 heteroatoms. The summed E-state index contributed by atoms with van der Waals surface area (Å²) in [7, 11) is 0. The number of carbonyl (C=O) groups excluding carboxylic acids is 1. The van der Waals surface area contributed by atoms with Gasteiger partial charge in [-0.1, -0.05) is 15.9 Å². The van der Waals surface area contributed by atoms with Gasteiger partial charge >= 0.3 is 0 Å². The Kier molecular flexibility index (Phi) is 3.66. The summed E-state index contributed by atoms with van der Waals surface area (Å²) in [5.41, 5.74) is 0.461. The van der Waals surface area contributed by atoms with Crippen LogP contribution in [0.15, 0.2) is 23.1 Å². The second-order valence-corrected chi connectivity index (χ2v) is 5.36. The SMILES string of the molecule is O=C(NCC1(CCBr)CC1)c1cc[nH]c(=O)c1. The number of amides is 1. The third kappa shape index (κ3) is 3.19. The van der Waals surface area contributed by atoms with Crippen molar-refractivity contribution in [2.75, 3.05) is 11.9 Å². The molecule has 0 bridgehead atoms. The Morgan fingerprint density at radius 1 is 1.53 bits per heavy atom. The fourth-order valence-corrected chi connectivity index (χ4v) is 2.69. The molecule has 2 N–H and O–H groups in total. The number of rotatable bonds is 5. The maximum Gasteiger partial charge on any atom is 0.251 e. The predicted octanol–water partition coefficient (Wildman–Crippen LogP) is 1.67. The second-order valence-electron chi connectivity index (χ2n) is 4.56. The van der Waals surface area contributed by atoms with Gasteiger partial charge in [0.25, 0.3) is 5.91 Å². The van der Waals surface area contributed by atoms with Gasteiger partial charge in [0.2, 0.25) is 5.56 Å². The molecule has 0 radical (unpaired) electrons. The Labute approximate surface area is 108 Å². The summed E-state index contributed by atoms with van der Waals surface area (Å²) < 4.78 is 0. The monoisotopic (exact) mass is 298 g/mol. The minimum absolute atomic E-state index is 0.169. The topological polar surface area (TPSA) is 62.0 Å². The van der Waals surface area contributed by atoms with Gasteiger partial charge in [-0.05, 0) is 30.7 Å². The van der Waals surface area contributed by atoms with Crippen molar-refractivity contribution in [2.45, 2.75) is 19.3 Å². The molecular formula is C12H15BrN2O2. The number of H-pyrrole nitrogens is 1. The quantitative estimate of drug-likeness (QED) is 0.812. The molecule has 2 rings (SSSR count). The Morgan fingerprint density at radius 2 is 2.29 bits per heavy atom. The lowest BCUT2D eigenvalue weighted by atomic mass is 10.0.